The fraction of sp³-hybridized carbons (Fsp3) is 0.333. The molecule has 8 heteroatoms. The normalized spacial score (nSPS) is 14.1. The summed E-state index contributed by atoms with van der Waals surface area (Å²) in [5.41, 5.74) is 0.542. The van der Waals surface area contributed by atoms with Crippen molar-refractivity contribution in [1.29, 1.82) is 0 Å². The molecule has 0 bridgehead atoms. The molecule has 152 valence electrons. The summed E-state index contributed by atoms with van der Waals surface area (Å²) in [5.74, 6) is -2.22. The average Bonchev–Trinajstić information content (AvgIpc) is 3.30. The van der Waals surface area contributed by atoms with Gasteiger partial charge in [-0.3, -0.25) is 19.3 Å². The zero-order valence-electron chi connectivity index (χ0n) is 16.2. The average molecular weight is 414 g/mol. The molecular formula is C21H22N2O5S. The molecular weight excluding hydrogens is 392 g/mol. The van der Waals surface area contributed by atoms with E-state index >= 15 is 0 Å². The number of rotatable bonds is 8. The van der Waals surface area contributed by atoms with E-state index in [0.29, 0.717) is 6.54 Å². The van der Waals surface area contributed by atoms with Crippen molar-refractivity contribution >= 4 is 35.0 Å². The Labute approximate surface area is 172 Å². The van der Waals surface area contributed by atoms with Gasteiger partial charge >= 0.3 is 5.97 Å². The third-order valence-corrected chi connectivity index (χ3v) is 5.37. The number of imide groups is 1. The Balaban J connectivity index is 1.65. The van der Waals surface area contributed by atoms with Crippen LogP contribution in [0.25, 0.3) is 0 Å². The molecule has 1 aromatic heterocycles. The number of nitrogens with one attached hydrogen (secondary N) is 1. The second kappa shape index (κ2) is 9.00. The monoisotopic (exact) mass is 414 g/mol. The van der Waals surface area contributed by atoms with Crippen LogP contribution < -0.4 is 5.32 Å². The molecule has 1 atom stereocenters. The maximum absolute atomic E-state index is 12.7. The number of benzene rings is 1. The van der Waals surface area contributed by atoms with E-state index in [9.17, 15) is 19.2 Å². The fourth-order valence-electron chi connectivity index (χ4n) is 3.13. The molecule has 1 N–H and O–H groups in total. The van der Waals surface area contributed by atoms with Crippen LogP contribution in [0.5, 0.6) is 0 Å². The summed E-state index contributed by atoms with van der Waals surface area (Å²) in [7, 11) is 0. The second-order valence-corrected chi connectivity index (χ2v) is 8.17. The number of hydrogen-bond donors (Lipinski definition) is 1. The number of esters is 1. The first-order valence-electron chi connectivity index (χ1n) is 9.31. The summed E-state index contributed by atoms with van der Waals surface area (Å²) in [4.78, 5) is 52.1. The predicted molar refractivity (Wildman–Crippen MR) is 107 cm³/mol. The maximum atomic E-state index is 12.7. The van der Waals surface area contributed by atoms with E-state index in [4.69, 9.17) is 4.74 Å². The highest BCUT2D eigenvalue weighted by Crippen LogP contribution is 2.27. The molecule has 1 unspecified atom stereocenters. The van der Waals surface area contributed by atoms with Gasteiger partial charge in [-0.05, 0) is 35.9 Å². The fourth-order valence-corrected chi connectivity index (χ4v) is 3.77. The van der Waals surface area contributed by atoms with Gasteiger partial charge in [-0.25, -0.2) is 4.79 Å². The Kier molecular flexibility index (Phi) is 6.43. The molecule has 29 heavy (non-hydrogen) atoms. The van der Waals surface area contributed by atoms with Gasteiger partial charge in [0.1, 0.15) is 6.04 Å². The zero-order valence-corrected chi connectivity index (χ0v) is 17.0. The van der Waals surface area contributed by atoms with Crippen LogP contribution in [-0.2, 0) is 20.9 Å². The van der Waals surface area contributed by atoms with Crippen LogP contribution in [0.4, 0.5) is 0 Å². The highest BCUT2D eigenvalue weighted by Gasteiger charge is 2.43. The third-order valence-electron chi connectivity index (χ3n) is 4.49. The van der Waals surface area contributed by atoms with Crippen LogP contribution in [0, 0.1) is 5.92 Å². The van der Waals surface area contributed by atoms with Crippen molar-refractivity contribution in [3.05, 3.63) is 57.8 Å². The number of thiophene rings is 1. The molecule has 3 rings (SSSR count). The Morgan fingerprint density at radius 3 is 2.28 bits per heavy atom. The number of nitrogens with zero attached hydrogens (tertiary/aromatic N) is 1. The van der Waals surface area contributed by atoms with Crippen molar-refractivity contribution in [2.75, 3.05) is 6.61 Å². The summed E-state index contributed by atoms with van der Waals surface area (Å²) in [5, 5.41) is 4.57. The molecule has 0 fully saturated rings. The van der Waals surface area contributed by atoms with E-state index in [0.717, 1.165) is 9.78 Å². The SMILES string of the molecule is CC(C)CC(C(=O)OCC(=O)NCc1cccs1)N1C(=O)c2ccccc2C1=O. The summed E-state index contributed by atoms with van der Waals surface area (Å²) in [6, 6.07) is 9.15. The number of hydrogen-bond acceptors (Lipinski definition) is 6. The largest absolute Gasteiger partial charge is 0.454 e. The van der Waals surface area contributed by atoms with Crippen molar-refractivity contribution in [2.24, 2.45) is 5.92 Å². The molecule has 1 aromatic carbocycles. The predicted octanol–water partition coefficient (Wildman–Crippen LogP) is 2.62. The number of amides is 3. The van der Waals surface area contributed by atoms with Gasteiger partial charge in [-0.2, -0.15) is 0 Å². The summed E-state index contributed by atoms with van der Waals surface area (Å²) < 4.78 is 5.15. The van der Waals surface area contributed by atoms with Gasteiger partial charge in [0.15, 0.2) is 6.61 Å². The van der Waals surface area contributed by atoms with Crippen LogP contribution in [0.1, 0.15) is 45.9 Å². The molecule has 0 aliphatic carbocycles. The molecule has 0 saturated carbocycles. The molecule has 7 nitrogen and oxygen atoms in total. The number of carbonyl (C=O) groups excluding carboxylic acids is 4. The zero-order chi connectivity index (χ0) is 21.0. The molecule has 2 heterocycles. The molecule has 1 aliphatic rings. The van der Waals surface area contributed by atoms with Crippen molar-refractivity contribution in [3.63, 3.8) is 0 Å². The molecule has 2 aromatic rings. The lowest BCUT2D eigenvalue weighted by molar-refractivity contribution is -0.152. The van der Waals surface area contributed by atoms with E-state index in [-0.39, 0.29) is 23.5 Å². The second-order valence-electron chi connectivity index (χ2n) is 7.14. The molecule has 0 radical (unpaired) electrons. The quantitative estimate of drug-likeness (QED) is 0.529. The van der Waals surface area contributed by atoms with E-state index in [1.54, 1.807) is 24.3 Å². The van der Waals surface area contributed by atoms with Crippen molar-refractivity contribution in [2.45, 2.75) is 32.9 Å². The van der Waals surface area contributed by atoms with Gasteiger partial charge in [0.2, 0.25) is 0 Å². The minimum absolute atomic E-state index is 0.0320. The lowest BCUT2D eigenvalue weighted by Gasteiger charge is -2.25. The van der Waals surface area contributed by atoms with Crippen LogP contribution >= 0.6 is 11.3 Å². The molecule has 1 aliphatic heterocycles. The van der Waals surface area contributed by atoms with Gasteiger partial charge in [0.05, 0.1) is 17.7 Å². The van der Waals surface area contributed by atoms with Gasteiger partial charge in [0.25, 0.3) is 17.7 Å². The van der Waals surface area contributed by atoms with Crippen LogP contribution in [-0.4, -0.2) is 41.2 Å². The van der Waals surface area contributed by atoms with Gasteiger partial charge in [-0.15, -0.1) is 11.3 Å². The van der Waals surface area contributed by atoms with Crippen LogP contribution in [0.3, 0.4) is 0 Å². The number of carbonyl (C=O) groups is 4. The first-order valence-corrected chi connectivity index (χ1v) is 10.2. The molecule has 0 spiro atoms. The minimum atomic E-state index is -1.08. The van der Waals surface area contributed by atoms with E-state index in [2.05, 4.69) is 5.32 Å². The summed E-state index contributed by atoms with van der Waals surface area (Å²) >= 11 is 1.51. The van der Waals surface area contributed by atoms with E-state index < -0.39 is 36.3 Å². The Morgan fingerprint density at radius 1 is 1.07 bits per heavy atom. The highest BCUT2D eigenvalue weighted by molar-refractivity contribution is 7.09. The smallest absolute Gasteiger partial charge is 0.329 e. The first-order chi connectivity index (χ1) is 13.9. The van der Waals surface area contributed by atoms with Gasteiger partial charge in [-0.1, -0.05) is 32.0 Å². The minimum Gasteiger partial charge on any atom is -0.454 e. The molecule has 3 amide bonds. The van der Waals surface area contributed by atoms with Gasteiger partial charge in [0, 0.05) is 4.88 Å². The Hall–Kier alpha value is -3.00. The lowest BCUT2D eigenvalue weighted by Crippen LogP contribution is -2.47. The van der Waals surface area contributed by atoms with Crippen LogP contribution in [0.2, 0.25) is 0 Å². The topological polar surface area (TPSA) is 92.8 Å². The lowest BCUT2D eigenvalue weighted by atomic mass is 10.0. The van der Waals surface area contributed by atoms with Gasteiger partial charge < -0.3 is 10.1 Å². The van der Waals surface area contributed by atoms with Crippen LogP contribution in [0.15, 0.2) is 41.8 Å². The first kappa shape index (κ1) is 20.7. The summed E-state index contributed by atoms with van der Waals surface area (Å²) in [6.45, 7) is 3.64. The molecule has 0 saturated heterocycles. The van der Waals surface area contributed by atoms with Crippen molar-refractivity contribution in [3.8, 4) is 0 Å². The van der Waals surface area contributed by atoms with E-state index in [1.165, 1.54) is 11.3 Å². The highest BCUT2D eigenvalue weighted by atomic mass is 32.1. The maximum Gasteiger partial charge on any atom is 0.329 e. The Morgan fingerprint density at radius 2 is 1.72 bits per heavy atom. The summed E-state index contributed by atoms with van der Waals surface area (Å²) in [6.07, 6.45) is 0.251. The number of ether oxygens (including phenoxy) is 1. The van der Waals surface area contributed by atoms with Crippen molar-refractivity contribution < 1.29 is 23.9 Å². The number of fused-ring (bicyclic) bond motifs is 1. The third kappa shape index (κ3) is 4.71. The van der Waals surface area contributed by atoms with Crippen molar-refractivity contribution in [1.82, 2.24) is 10.2 Å². The standard InChI is InChI=1S/C21H22N2O5S/c1-13(2)10-17(23-19(25)15-7-3-4-8-16(15)20(23)26)21(27)28-12-18(24)22-11-14-6-5-9-29-14/h3-9,13,17H,10-12H2,1-2H3,(H,22,24). The Bertz CT molecular complexity index is 888. The van der Waals surface area contributed by atoms with E-state index in [1.807, 2.05) is 31.4 Å².